The molecule has 0 aromatic rings. The van der Waals surface area contributed by atoms with Crippen LogP contribution < -0.4 is 5.73 Å². The molecule has 0 radical (unpaired) electrons. The summed E-state index contributed by atoms with van der Waals surface area (Å²) in [4.78, 5) is 14.7. The van der Waals surface area contributed by atoms with E-state index in [1.807, 2.05) is 4.90 Å². The first-order chi connectivity index (χ1) is 8.63. The lowest BCUT2D eigenvalue weighted by Crippen LogP contribution is -2.43. The van der Waals surface area contributed by atoms with Gasteiger partial charge in [0.15, 0.2) is 0 Å². The molecule has 2 N–H and O–H groups in total. The number of amides is 1. The predicted molar refractivity (Wildman–Crippen MR) is 76.2 cm³/mol. The summed E-state index contributed by atoms with van der Waals surface area (Å²) < 4.78 is 0. The Bertz CT molecular complexity index is 255. The van der Waals surface area contributed by atoms with Gasteiger partial charge in [0.05, 0.1) is 0 Å². The topological polar surface area (TPSA) is 46.3 Å². The van der Waals surface area contributed by atoms with Crippen molar-refractivity contribution in [2.24, 2.45) is 23.5 Å². The number of carbonyl (C=O) groups excluding carboxylic acids is 1. The zero-order valence-electron chi connectivity index (χ0n) is 12.3. The van der Waals surface area contributed by atoms with Crippen LogP contribution in [0.1, 0.15) is 52.9 Å². The van der Waals surface area contributed by atoms with E-state index in [4.69, 9.17) is 5.73 Å². The molecule has 106 valence electrons. The van der Waals surface area contributed by atoms with E-state index in [0.29, 0.717) is 24.3 Å². The molecule has 1 aliphatic rings. The summed E-state index contributed by atoms with van der Waals surface area (Å²) in [6.45, 7) is 8.89. The first-order valence-electron chi connectivity index (χ1n) is 7.62. The van der Waals surface area contributed by atoms with Crippen molar-refractivity contribution in [3.05, 3.63) is 0 Å². The predicted octanol–water partition coefficient (Wildman–Crippen LogP) is 2.65. The van der Waals surface area contributed by atoms with Gasteiger partial charge >= 0.3 is 0 Å². The highest BCUT2D eigenvalue weighted by molar-refractivity contribution is 5.79. The fourth-order valence-corrected chi connectivity index (χ4v) is 2.93. The minimum Gasteiger partial charge on any atom is -0.342 e. The van der Waals surface area contributed by atoms with E-state index in [1.165, 1.54) is 12.8 Å². The van der Waals surface area contributed by atoms with Gasteiger partial charge in [-0.2, -0.15) is 0 Å². The summed E-state index contributed by atoms with van der Waals surface area (Å²) in [6.07, 6.45) is 5.73. The fraction of sp³-hybridized carbons (Fsp3) is 0.933. The summed E-state index contributed by atoms with van der Waals surface area (Å²) in [7, 11) is 0. The average Bonchev–Trinajstić information content (AvgIpc) is 2.43. The maximum absolute atomic E-state index is 12.6. The van der Waals surface area contributed by atoms with Gasteiger partial charge in [-0.3, -0.25) is 4.79 Å². The maximum Gasteiger partial charge on any atom is 0.226 e. The van der Waals surface area contributed by atoms with Gasteiger partial charge in [-0.15, -0.1) is 0 Å². The minimum absolute atomic E-state index is 0.188. The second-order valence-electron chi connectivity index (χ2n) is 5.78. The molecule has 0 aliphatic heterocycles. The number of carbonyl (C=O) groups is 1. The van der Waals surface area contributed by atoms with Crippen LogP contribution in [0.15, 0.2) is 0 Å². The Hall–Kier alpha value is -0.570. The van der Waals surface area contributed by atoms with Crippen LogP contribution in [-0.4, -0.2) is 30.4 Å². The number of nitrogens with zero attached hydrogens (tertiary/aromatic N) is 1. The number of nitrogens with two attached hydrogens (primary N) is 1. The molecule has 0 aromatic heterocycles. The molecule has 0 bridgehead atoms. The number of hydrogen-bond acceptors (Lipinski definition) is 2. The van der Waals surface area contributed by atoms with Crippen molar-refractivity contribution in [2.45, 2.75) is 52.9 Å². The molecular formula is C15H30N2O. The summed E-state index contributed by atoms with van der Waals surface area (Å²) in [5.41, 5.74) is 5.83. The van der Waals surface area contributed by atoms with Gasteiger partial charge in [-0.05, 0) is 38.1 Å². The second-order valence-corrected chi connectivity index (χ2v) is 5.78. The lowest BCUT2D eigenvalue weighted by atomic mass is 9.78. The molecular weight excluding hydrogens is 224 g/mol. The third kappa shape index (κ3) is 3.98. The zero-order valence-corrected chi connectivity index (χ0v) is 12.3. The first-order valence-corrected chi connectivity index (χ1v) is 7.62. The van der Waals surface area contributed by atoms with Crippen LogP contribution in [0.4, 0.5) is 0 Å². The Morgan fingerprint density at radius 1 is 1.33 bits per heavy atom. The molecule has 1 saturated carbocycles. The standard InChI is InChI=1S/C15H30N2O/c1-4-12(3)11-17(5-2)15(18)14-9-7-6-8-13(14)10-16/h12-14H,4-11,16H2,1-3H3. The van der Waals surface area contributed by atoms with Gasteiger partial charge in [0, 0.05) is 19.0 Å². The van der Waals surface area contributed by atoms with Crippen molar-refractivity contribution in [2.75, 3.05) is 19.6 Å². The summed E-state index contributed by atoms with van der Waals surface area (Å²) in [6, 6.07) is 0. The van der Waals surface area contributed by atoms with Gasteiger partial charge < -0.3 is 10.6 Å². The molecule has 1 aliphatic carbocycles. The Kier molecular flexibility index (Phi) is 6.69. The van der Waals surface area contributed by atoms with E-state index in [9.17, 15) is 4.79 Å². The van der Waals surface area contributed by atoms with Gasteiger partial charge in [0.25, 0.3) is 0 Å². The van der Waals surface area contributed by atoms with Crippen LogP contribution in [0, 0.1) is 17.8 Å². The molecule has 0 saturated heterocycles. The highest BCUT2D eigenvalue weighted by Crippen LogP contribution is 2.31. The van der Waals surface area contributed by atoms with Crippen LogP contribution in [0.3, 0.4) is 0 Å². The smallest absolute Gasteiger partial charge is 0.226 e. The van der Waals surface area contributed by atoms with E-state index >= 15 is 0 Å². The lowest BCUT2D eigenvalue weighted by Gasteiger charge is -2.34. The first kappa shape index (κ1) is 15.5. The monoisotopic (exact) mass is 254 g/mol. The van der Waals surface area contributed by atoms with Gasteiger partial charge in [0.1, 0.15) is 0 Å². The van der Waals surface area contributed by atoms with Crippen LogP contribution in [0.25, 0.3) is 0 Å². The largest absolute Gasteiger partial charge is 0.342 e. The summed E-state index contributed by atoms with van der Waals surface area (Å²) in [5.74, 6) is 1.55. The molecule has 0 spiro atoms. The van der Waals surface area contributed by atoms with Crippen molar-refractivity contribution in [3.8, 4) is 0 Å². The molecule has 18 heavy (non-hydrogen) atoms. The molecule has 3 heteroatoms. The Labute approximate surface area is 112 Å². The van der Waals surface area contributed by atoms with Gasteiger partial charge in [0.2, 0.25) is 5.91 Å². The summed E-state index contributed by atoms with van der Waals surface area (Å²) in [5, 5.41) is 0. The SMILES string of the molecule is CCC(C)CN(CC)C(=O)C1CCCCC1CN. The molecule has 3 unspecified atom stereocenters. The van der Waals surface area contributed by atoms with Crippen LogP contribution in [-0.2, 0) is 4.79 Å². The van der Waals surface area contributed by atoms with E-state index in [-0.39, 0.29) is 5.92 Å². The lowest BCUT2D eigenvalue weighted by molar-refractivity contribution is -0.138. The van der Waals surface area contributed by atoms with Crippen molar-refractivity contribution in [3.63, 3.8) is 0 Å². The molecule has 1 amide bonds. The third-order valence-electron chi connectivity index (χ3n) is 4.45. The van der Waals surface area contributed by atoms with E-state index in [1.54, 1.807) is 0 Å². The zero-order chi connectivity index (χ0) is 13.5. The van der Waals surface area contributed by atoms with Crippen molar-refractivity contribution in [1.29, 1.82) is 0 Å². The van der Waals surface area contributed by atoms with Crippen molar-refractivity contribution >= 4 is 5.91 Å². The maximum atomic E-state index is 12.6. The number of rotatable bonds is 6. The normalized spacial score (nSPS) is 25.8. The molecule has 0 aromatic carbocycles. The highest BCUT2D eigenvalue weighted by Gasteiger charge is 2.32. The second kappa shape index (κ2) is 7.78. The van der Waals surface area contributed by atoms with Gasteiger partial charge in [-0.25, -0.2) is 0 Å². The Morgan fingerprint density at radius 3 is 2.56 bits per heavy atom. The fourth-order valence-electron chi connectivity index (χ4n) is 2.93. The van der Waals surface area contributed by atoms with Crippen LogP contribution >= 0.6 is 0 Å². The van der Waals surface area contributed by atoms with E-state index in [2.05, 4.69) is 20.8 Å². The Morgan fingerprint density at radius 2 is 2.00 bits per heavy atom. The molecule has 1 rings (SSSR count). The van der Waals surface area contributed by atoms with Crippen LogP contribution in [0.5, 0.6) is 0 Å². The number of hydrogen-bond donors (Lipinski definition) is 1. The third-order valence-corrected chi connectivity index (χ3v) is 4.45. The van der Waals surface area contributed by atoms with Gasteiger partial charge in [-0.1, -0.05) is 33.1 Å². The molecule has 3 atom stereocenters. The average molecular weight is 254 g/mol. The Balaban J connectivity index is 2.63. The molecule has 1 fully saturated rings. The quantitative estimate of drug-likeness (QED) is 0.792. The van der Waals surface area contributed by atoms with E-state index < -0.39 is 0 Å². The minimum atomic E-state index is 0.188. The highest BCUT2D eigenvalue weighted by atomic mass is 16.2. The van der Waals surface area contributed by atoms with E-state index in [0.717, 1.165) is 32.4 Å². The molecule has 3 nitrogen and oxygen atoms in total. The molecule has 0 heterocycles. The van der Waals surface area contributed by atoms with Crippen molar-refractivity contribution < 1.29 is 4.79 Å². The van der Waals surface area contributed by atoms with Crippen molar-refractivity contribution in [1.82, 2.24) is 4.90 Å². The summed E-state index contributed by atoms with van der Waals surface area (Å²) >= 11 is 0. The van der Waals surface area contributed by atoms with Crippen LogP contribution in [0.2, 0.25) is 0 Å².